The molecule has 0 bridgehead atoms. The van der Waals surface area contributed by atoms with Gasteiger partial charge in [-0.15, -0.1) is 0 Å². The van der Waals surface area contributed by atoms with Crippen LogP contribution in [0.2, 0.25) is 0 Å². The first kappa shape index (κ1) is 12.6. The Morgan fingerprint density at radius 2 is 2.00 bits per heavy atom. The number of aryl methyl sites for hydroxylation is 1. The molecule has 0 atom stereocenters. The van der Waals surface area contributed by atoms with E-state index in [-0.39, 0.29) is 17.2 Å². The van der Waals surface area contributed by atoms with Crippen molar-refractivity contribution in [2.24, 2.45) is 0 Å². The van der Waals surface area contributed by atoms with Gasteiger partial charge in [-0.25, -0.2) is 0 Å². The summed E-state index contributed by atoms with van der Waals surface area (Å²) in [6.45, 7) is 1.95. The lowest BCUT2D eigenvalue weighted by molar-refractivity contribution is 0.102. The Kier molecular flexibility index (Phi) is 3.67. The minimum atomic E-state index is -0.334. The molecular formula is C14H12BrNO2. The maximum absolute atomic E-state index is 12.0. The smallest absolute Gasteiger partial charge is 0.259 e. The van der Waals surface area contributed by atoms with Crippen LogP contribution in [0.25, 0.3) is 0 Å². The van der Waals surface area contributed by atoms with Gasteiger partial charge in [0.1, 0.15) is 5.75 Å². The zero-order valence-corrected chi connectivity index (χ0v) is 11.4. The average Bonchev–Trinajstić information content (AvgIpc) is 2.32. The van der Waals surface area contributed by atoms with Crippen LogP contribution in [0.4, 0.5) is 5.69 Å². The summed E-state index contributed by atoms with van der Waals surface area (Å²) in [6.07, 6.45) is 0. The molecule has 4 heteroatoms. The van der Waals surface area contributed by atoms with Gasteiger partial charge in [-0.1, -0.05) is 28.1 Å². The maximum Gasteiger partial charge on any atom is 0.259 e. The van der Waals surface area contributed by atoms with Crippen LogP contribution >= 0.6 is 15.9 Å². The fraction of sp³-hybridized carbons (Fsp3) is 0.0714. The Bertz CT molecular complexity index is 596. The highest BCUT2D eigenvalue weighted by Gasteiger charge is 2.11. The van der Waals surface area contributed by atoms with E-state index in [1.165, 1.54) is 6.07 Å². The van der Waals surface area contributed by atoms with Gasteiger partial charge in [-0.2, -0.15) is 0 Å². The van der Waals surface area contributed by atoms with Gasteiger partial charge >= 0.3 is 0 Å². The SMILES string of the molecule is Cc1cccc(NC(=O)c2cc(Br)ccc2O)c1. The Balaban J connectivity index is 2.24. The number of amides is 1. The number of carbonyl (C=O) groups excluding carboxylic acids is 1. The summed E-state index contributed by atoms with van der Waals surface area (Å²) in [5, 5.41) is 12.4. The number of rotatable bonds is 2. The molecule has 2 aromatic carbocycles. The number of hydrogen-bond acceptors (Lipinski definition) is 2. The molecular weight excluding hydrogens is 294 g/mol. The van der Waals surface area contributed by atoms with Gasteiger partial charge in [-0.3, -0.25) is 4.79 Å². The third-order valence-electron chi connectivity index (χ3n) is 2.48. The maximum atomic E-state index is 12.0. The number of phenols is 1. The molecule has 0 aliphatic heterocycles. The van der Waals surface area contributed by atoms with E-state index in [4.69, 9.17) is 0 Å². The third kappa shape index (κ3) is 2.90. The second-order valence-corrected chi connectivity index (χ2v) is 4.90. The van der Waals surface area contributed by atoms with Crippen molar-refractivity contribution in [3.63, 3.8) is 0 Å². The quantitative estimate of drug-likeness (QED) is 0.888. The fourth-order valence-corrected chi connectivity index (χ4v) is 1.97. The first-order valence-electron chi connectivity index (χ1n) is 5.43. The number of hydrogen-bond donors (Lipinski definition) is 2. The molecule has 0 heterocycles. The van der Waals surface area contributed by atoms with Crippen LogP contribution in [0.3, 0.4) is 0 Å². The minimum Gasteiger partial charge on any atom is -0.507 e. The van der Waals surface area contributed by atoms with E-state index in [1.54, 1.807) is 18.2 Å². The summed E-state index contributed by atoms with van der Waals surface area (Å²) in [5.41, 5.74) is 2.01. The molecule has 18 heavy (non-hydrogen) atoms. The number of anilines is 1. The third-order valence-corrected chi connectivity index (χ3v) is 2.97. The lowest BCUT2D eigenvalue weighted by Crippen LogP contribution is -2.12. The van der Waals surface area contributed by atoms with Crippen LogP contribution in [0, 0.1) is 6.92 Å². The minimum absolute atomic E-state index is 0.0386. The summed E-state index contributed by atoms with van der Waals surface area (Å²) in [5.74, 6) is -0.372. The summed E-state index contributed by atoms with van der Waals surface area (Å²) in [4.78, 5) is 12.0. The van der Waals surface area contributed by atoms with Gasteiger partial charge in [0.05, 0.1) is 5.56 Å². The molecule has 3 nitrogen and oxygen atoms in total. The van der Waals surface area contributed by atoms with E-state index in [0.29, 0.717) is 5.69 Å². The summed E-state index contributed by atoms with van der Waals surface area (Å²) in [6, 6.07) is 12.2. The number of benzene rings is 2. The van der Waals surface area contributed by atoms with E-state index in [2.05, 4.69) is 21.2 Å². The molecule has 0 unspecified atom stereocenters. The molecule has 0 saturated heterocycles. The van der Waals surface area contributed by atoms with E-state index < -0.39 is 0 Å². The van der Waals surface area contributed by atoms with Crippen LogP contribution in [0.15, 0.2) is 46.9 Å². The van der Waals surface area contributed by atoms with Crippen molar-refractivity contribution in [1.82, 2.24) is 0 Å². The second kappa shape index (κ2) is 5.23. The standard InChI is InChI=1S/C14H12BrNO2/c1-9-3-2-4-11(7-9)16-14(18)12-8-10(15)5-6-13(12)17/h2-8,17H,1H3,(H,16,18). The summed E-state index contributed by atoms with van der Waals surface area (Å²) < 4.78 is 0.745. The topological polar surface area (TPSA) is 49.3 Å². The molecule has 2 aromatic rings. The van der Waals surface area contributed by atoms with E-state index in [1.807, 2.05) is 25.1 Å². The molecule has 1 amide bonds. The normalized spacial score (nSPS) is 10.1. The van der Waals surface area contributed by atoms with Crippen LogP contribution in [0.5, 0.6) is 5.75 Å². The van der Waals surface area contributed by atoms with Gasteiger partial charge in [0.15, 0.2) is 0 Å². The van der Waals surface area contributed by atoms with Crippen molar-refractivity contribution in [3.8, 4) is 5.75 Å². The number of halogens is 1. The van der Waals surface area contributed by atoms with Gasteiger partial charge in [0.2, 0.25) is 0 Å². The molecule has 0 fully saturated rings. The molecule has 0 radical (unpaired) electrons. The molecule has 2 N–H and O–H groups in total. The largest absolute Gasteiger partial charge is 0.507 e. The van der Waals surface area contributed by atoms with Gasteiger partial charge in [-0.05, 0) is 42.8 Å². The van der Waals surface area contributed by atoms with Crippen LogP contribution in [0.1, 0.15) is 15.9 Å². The second-order valence-electron chi connectivity index (χ2n) is 3.99. The molecule has 0 saturated carbocycles. The van der Waals surface area contributed by atoms with Crippen LogP contribution < -0.4 is 5.32 Å². The van der Waals surface area contributed by atoms with Gasteiger partial charge in [0, 0.05) is 10.2 Å². The molecule has 0 aliphatic carbocycles. The zero-order valence-electron chi connectivity index (χ0n) is 9.77. The number of carbonyl (C=O) groups is 1. The van der Waals surface area contributed by atoms with E-state index >= 15 is 0 Å². The Morgan fingerprint density at radius 1 is 1.22 bits per heavy atom. The number of phenolic OH excluding ortho intramolecular Hbond substituents is 1. The Labute approximate surface area is 114 Å². The summed E-state index contributed by atoms with van der Waals surface area (Å²) >= 11 is 3.27. The monoisotopic (exact) mass is 305 g/mol. The highest BCUT2D eigenvalue weighted by Crippen LogP contribution is 2.23. The van der Waals surface area contributed by atoms with Crippen molar-refractivity contribution in [2.45, 2.75) is 6.92 Å². The van der Waals surface area contributed by atoms with Crippen molar-refractivity contribution < 1.29 is 9.90 Å². The summed E-state index contributed by atoms with van der Waals surface area (Å²) in [7, 11) is 0. The Hall–Kier alpha value is -1.81. The first-order valence-corrected chi connectivity index (χ1v) is 6.22. The Morgan fingerprint density at radius 3 is 2.72 bits per heavy atom. The number of aromatic hydroxyl groups is 1. The lowest BCUT2D eigenvalue weighted by atomic mass is 10.1. The van der Waals surface area contributed by atoms with Crippen molar-refractivity contribution in [1.29, 1.82) is 0 Å². The van der Waals surface area contributed by atoms with Crippen molar-refractivity contribution in [2.75, 3.05) is 5.32 Å². The van der Waals surface area contributed by atoms with Crippen molar-refractivity contribution >= 4 is 27.5 Å². The predicted molar refractivity (Wildman–Crippen MR) is 74.9 cm³/mol. The van der Waals surface area contributed by atoms with E-state index in [0.717, 1.165) is 10.0 Å². The average molecular weight is 306 g/mol. The van der Waals surface area contributed by atoms with Crippen LogP contribution in [-0.4, -0.2) is 11.0 Å². The molecule has 92 valence electrons. The number of nitrogens with one attached hydrogen (secondary N) is 1. The first-order chi connectivity index (χ1) is 8.56. The molecule has 0 aliphatic rings. The fourth-order valence-electron chi connectivity index (χ4n) is 1.61. The molecule has 0 aromatic heterocycles. The highest BCUT2D eigenvalue weighted by molar-refractivity contribution is 9.10. The lowest BCUT2D eigenvalue weighted by Gasteiger charge is -2.07. The highest BCUT2D eigenvalue weighted by atomic mass is 79.9. The van der Waals surface area contributed by atoms with Gasteiger partial charge in [0.25, 0.3) is 5.91 Å². The molecule has 0 spiro atoms. The van der Waals surface area contributed by atoms with Crippen molar-refractivity contribution in [3.05, 3.63) is 58.1 Å². The molecule has 2 rings (SSSR count). The zero-order chi connectivity index (χ0) is 13.1. The van der Waals surface area contributed by atoms with Crippen LogP contribution in [-0.2, 0) is 0 Å². The predicted octanol–water partition coefficient (Wildman–Crippen LogP) is 3.72. The van der Waals surface area contributed by atoms with E-state index in [9.17, 15) is 9.90 Å². The van der Waals surface area contributed by atoms with Gasteiger partial charge < -0.3 is 10.4 Å².